The van der Waals surface area contributed by atoms with Crippen LogP contribution in [0.5, 0.6) is 0 Å². The molecule has 0 aromatic carbocycles. The molecule has 0 saturated heterocycles. The van der Waals surface area contributed by atoms with Crippen LogP contribution in [0.25, 0.3) is 0 Å². The van der Waals surface area contributed by atoms with Gasteiger partial charge in [0.05, 0.1) is 9.54 Å². The normalized spacial score (nSPS) is 13.7. The molecule has 0 fully saturated rings. The molecule has 1 heterocycles. The van der Waals surface area contributed by atoms with Gasteiger partial charge in [0.25, 0.3) is 0 Å². The van der Waals surface area contributed by atoms with Crippen molar-refractivity contribution in [3.63, 3.8) is 0 Å². The molecule has 1 rings (SSSR count). The zero-order valence-electron chi connectivity index (χ0n) is 7.94. The molecule has 0 radical (unpaired) electrons. The lowest BCUT2D eigenvalue weighted by molar-refractivity contribution is -0.117. The summed E-state index contributed by atoms with van der Waals surface area (Å²) in [6.45, 7) is 1.31. The van der Waals surface area contributed by atoms with Crippen LogP contribution in [0, 0.1) is 0 Å². The molecule has 0 aliphatic carbocycles. The highest BCUT2D eigenvalue weighted by atomic mass is 79.9. The largest absolute Gasteiger partial charge is 0.369 e. The van der Waals surface area contributed by atoms with Gasteiger partial charge in [-0.05, 0) is 35.0 Å². The molecule has 0 unspecified atom stereocenters. The molecular weight excluding hydrogens is 302 g/mol. The molecule has 4 nitrogen and oxygen atoms in total. The summed E-state index contributed by atoms with van der Waals surface area (Å²) in [5.74, 6) is -0.960. The van der Waals surface area contributed by atoms with E-state index in [0.29, 0.717) is 4.88 Å². The van der Waals surface area contributed by atoms with Crippen LogP contribution in [-0.2, 0) is 20.4 Å². The Balaban J connectivity index is 2.86. The Morgan fingerprint density at radius 1 is 1.60 bits per heavy atom. The maximum Gasteiger partial charge on any atom is 0.235 e. The maximum atomic E-state index is 11.6. The minimum absolute atomic E-state index is 0.145. The average Bonchev–Trinajstić information content (AvgIpc) is 2.48. The Labute approximate surface area is 101 Å². The molecule has 0 aliphatic rings. The van der Waals surface area contributed by atoms with Crippen molar-refractivity contribution < 1.29 is 13.2 Å². The van der Waals surface area contributed by atoms with Crippen LogP contribution >= 0.6 is 27.3 Å². The van der Waals surface area contributed by atoms with Crippen LogP contribution in [-0.4, -0.2) is 19.6 Å². The number of thiophene rings is 1. The molecule has 1 amide bonds. The molecule has 1 atom stereocenters. The number of hydrogen-bond acceptors (Lipinski definition) is 4. The number of sulfone groups is 1. The van der Waals surface area contributed by atoms with E-state index in [1.807, 2.05) is 0 Å². The van der Waals surface area contributed by atoms with Crippen LogP contribution in [0.2, 0.25) is 0 Å². The van der Waals surface area contributed by atoms with Gasteiger partial charge in [-0.25, -0.2) is 8.42 Å². The third-order valence-electron chi connectivity index (χ3n) is 1.91. The van der Waals surface area contributed by atoms with E-state index >= 15 is 0 Å². The Kier molecular flexibility index (Phi) is 3.91. The standard InChI is InChI=1S/C8H10BrNO3S2/c1-5(8(10)11)15(12,13)4-6-2-3-7(9)14-6/h2-3,5H,4H2,1H3,(H2,10,11)/t5-/m1/s1. The molecule has 1 aromatic heterocycles. The highest BCUT2D eigenvalue weighted by Gasteiger charge is 2.26. The second-order valence-corrected chi connectivity index (χ2v) is 7.93. The van der Waals surface area contributed by atoms with Crippen molar-refractivity contribution in [2.75, 3.05) is 0 Å². The van der Waals surface area contributed by atoms with Crippen molar-refractivity contribution in [3.8, 4) is 0 Å². The number of amides is 1. The highest BCUT2D eigenvalue weighted by Crippen LogP contribution is 2.24. The molecule has 84 valence electrons. The fourth-order valence-corrected chi connectivity index (χ4v) is 4.03. The first-order valence-corrected chi connectivity index (χ1v) is 7.40. The van der Waals surface area contributed by atoms with Crippen molar-refractivity contribution in [3.05, 3.63) is 20.8 Å². The number of primary amides is 1. The monoisotopic (exact) mass is 311 g/mol. The van der Waals surface area contributed by atoms with Gasteiger partial charge in [0, 0.05) is 4.88 Å². The van der Waals surface area contributed by atoms with Gasteiger partial charge in [0.2, 0.25) is 5.91 Å². The Morgan fingerprint density at radius 3 is 2.60 bits per heavy atom. The van der Waals surface area contributed by atoms with Crippen molar-refractivity contribution in [1.29, 1.82) is 0 Å². The number of carbonyl (C=O) groups is 1. The lowest BCUT2D eigenvalue weighted by atomic mass is 10.5. The summed E-state index contributed by atoms with van der Waals surface area (Å²) in [6, 6.07) is 3.48. The number of halogens is 1. The number of rotatable bonds is 4. The zero-order valence-corrected chi connectivity index (χ0v) is 11.2. The quantitative estimate of drug-likeness (QED) is 0.910. The van der Waals surface area contributed by atoms with Crippen LogP contribution in [0.15, 0.2) is 15.9 Å². The van der Waals surface area contributed by atoms with E-state index < -0.39 is 21.0 Å². The lowest BCUT2D eigenvalue weighted by Gasteiger charge is -2.07. The summed E-state index contributed by atoms with van der Waals surface area (Å²) in [4.78, 5) is 11.5. The lowest BCUT2D eigenvalue weighted by Crippen LogP contribution is -2.33. The molecule has 15 heavy (non-hydrogen) atoms. The molecule has 7 heteroatoms. The van der Waals surface area contributed by atoms with Crippen molar-refractivity contribution in [1.82, 2.24) is 0 Å². The van der Waals surface area contributed by atoms with Crippen LogP contribution < -0.4 is 5.73 Å². The van der Waals surface area contributed by atoms with E-state index in [1.54, 1.807) is 12.1 Å². The van der Waals surface area contributed by atoms with Crippen LogP contribution in [0.1, 0.15) is 11.8 Å². The Bertz CT molecular complexity index is 466. The van der Waals surface area contributed by atoms with Gasteiger partial charge in [-0.1, -0.05) is 0 Å². The van der Waals surface area contributed by atoms with Gasteiger partial charge in [-0.15, -0.1) is 11.3 Å². The predicted octanol–water partition coefficient (Wildman–Crippen LogP) is 1.30. The summed E-state index contributed by atoms with van der Waals surface area (Å²) in [6.07, 6.45) is 0. The summed E-state index contributed by atoms with van der Waals surface area (Å²) in [7, 11) is -3.48. The number of nitrogens with two attached hydrogens (primary N) is 1. The molecule has 0 aliphatic heterocycles. The molecule has 0 spiro atoms. The molecule has 2 N–H and O–H groups in total. The van der Waals surface area contributed by atoms with Crippen LogP contribution in [0.4, 0.5) is 0 Å². The van der Waals surface area contributed by atoms with Crippen molar-refractivity contribution in [2.24, 2.45) is 5.73 Å². The average molecular weight is 312 g/mol. The fraction of sp³-hybridized carbons (Fsp3) is 0.375. The van der Waals surface area contributed by atoms with Crippen molar-refractivity contribution >= 4 is 43.0 Å². The maximum absolute atomic E-state index is 11.6. The van der Waals surface area contributed by atoms with E-state index in [0.717, 1.165) is 3.79 Å². The Morgan fingerprint density at radius 2 is 2.20 bits per heavy atom. The smallest absolute Gasteiger partial charge is 0.235 e. The second kappa shape index (κ2) is 4.63. The first kappa shape index (κ1) is 12.7. The molecular formula is C8H10BrNO3S2. The van der Waals surface area contributed by atoms with E-state index in [2.05, 4.69) is 15.9 Å². The van der Waals surface area contributed by atoms with Gasteiger partial charge in [0.1, 0.15) is 5.25 Å². The molecule has 1 aromatic rings. The summed E-state index contributed by atoms with van der Waals surface area (Å²) < 4.78 is 24.1. The first-order chi connectivity index (χ1) is 6.83. The van der Waals surface area contributed by atoms with Gasteiger partial charge in [0.15, 0.2) is 9.84 Å². The Hall–Kier alpha value is -0.400. The summed E-state index contributed by atoms with van der Waals surface area (Å²) in [5.41, 5.74) is 4.96. The van der Waals surface area contributed by atoms with Gasteiger partial charge < -0.3 is 5.73 Å². The number of hydrogen-bond donors (Lipinski definition) is 1. The van der Waals surface area contributed by atoms with E-state index in [4.69, 9.17) is 5.73 Å². The topological polar surface area (TPSA) is 77.2 Å². The van der Waals surface area contributed by atoms with Crippen LogP contribution in [0.3, 0.4) is 0 Å². The summed E-state index contributed by atoms with van der Waals surface area (Å²) in [5, 5.41) is -1.14. The van der Waals surface area contributed by atoms with Gasteiger partial charge in [-0.2, -0.15) is 0 Å². The second-order valence-electron chi connectivity index (χ2n) is 3.06. The summed E-state index contributed by atoms with van der Waals surface area (Å²) >= 11 is 4.57. The third kappa shape index (κ3) is 3.29. The van der Waals surface area contributed by atoms with E-state index in [1.165, 1.54) is 18.3 Å². The zero-order chi connectivity index (χ0) is 11.6. The fourth-order valence-electron chi connectivity index (χ4n) is 0.930. The first-order valence-electron chi connectivity index (χ1n) is 4.08. The predicted molar refractivity (Wildman–Crippen MR) is 63.3 cm³/mol. The third-order valence-corrected chi connectivity index (χ3v) is 5.74. The van der Waals surface area contributed by atoms with Gasteiger partial charge in [-0.3, -0.25) is 4.79 Å². The van der Waals surface area contributed by atoms with Crippen molar-refractivity contribution in [2.45, 2.75) is 17.9 Å². The highest BCUT2D eigenvalue weighted by molar-refractivity contribution is 9.11. The van der Waals surface area contributed by atoms with Gasteiger partial charge >= 0.3 is 0 Å². The molecule has 0 bridgehead atoms. The minimum atomic E-state index is -3.48. The SMILES string of the molecule is C[C@H](C(N)=O)S(=O)(=O)Cc1ccc(Br)s1. The number of carbonyl (C=O) groups excluding carboxylic acids is 1. The molecule has 0 saturated carbocycles. The van der Waals surface area contributed by atoms with E-state index in [-0.39, 0.29) is 5.75 Å². The minimum Gasteiger partial charge on any atom is -0.369 e. The van der Waals surface area contributed by atoms with E-state index in [9.17, 15) is 13.2 Å².